The number of pyridine rings is 1. The van der Waals surface area contributed by atoms with Crippen LogP contribution in [-0.4, -0.2) is 33.6 Å². The predicted octanol–water partition coefficient (Wildman–Crippen LogP) is 3.86. The average molecular weight is 438 g/mol. The molecule has 2 heterocycles. The van der Waals surface area contributed by atoms with Crippen LogP contribution in [0.15, 0.2) is 42.6 Å². The molecule has 3 aromatic rings. The van der Waals surface area contributed by atoms with Crippen molar-refractivity contribution in [3.63, 3.8) is 0 Å². The summed E-state index contributed by atoms with van der Waals surface area (Å²) >= 11 is 6.04. The highest BCUT2D eigenvalue weighted by Crippen LogP contribution is 2.31. The summed E-state index contributed by atoms with van der Waals surface area (Å²) in [6, 6.07) is 8.24. The molecule has 0 radical (unpaired) electrons. The minimum absolute atomic E-state index is 0.00492. The Kier molecular flexibility index (Phi) is 5.79. The zero-order chi connectivity index (χ0) is 22.1. The number of rotatable bonds is 4. The van der Waals surface area contributed by atoms with Gasteiger partial charge >= 0.3 is 6.18 Å². The van der Waals surface area contributed by atoms with E-state index in [4.69, 9.17) is 11.6 Å². The lowest BCUT2D eigenvalue weighted by Crippen LogP contribution is -2.23. The molecule has 0 aliphatic carbocycles. The maximum atomic E-state index is 13.3. The Morgan fingerprint density at radius 2 is 1.87 bits per heavy atom. The van der Waals surface area contributed by atoms with Gasteiger partial charge in [-0.05, 0) is 30.7 Å². The van der Waals surface area contributed by atoms with Gasteiger partial charge in [0.25, 0.3) is 11.8 Å². The van der Waals surface area contributed by atoms with Crippen molar-refractivity contribution < 1.29 is 22.8 Å². The summed E-state index contributed by atoms with van der Waals surface area (Å²) in [6.07, 6.45) is -3.49. The Labute approximate surface area is 173 Å². The second-order valence-electron chi connectivity index (χ2n) is 6.16. The number of aromatic nitrogens is 3. The molecule has 3 rings (SSSR count). The van der Waals surface area contributed by atoms with E-state index in [1.54, 1.807) is 19.1 Å². The number of benzene rings is 1. The van der Waals surface area contributed by atoms with E-state index in [1.165, 1.54) is 31.4 Å². The van der Waals surface area contributed by atoms with Gasteiger partial charge in [-0.3, -0.25) is 9.59 Å². The lowest BCUT2D eigenvalue weighted by Gasteiger charge is -2.14. The number of alkyl halides is 3. The Bertz CT molecular complexity index is 1130. The molecule has 0 bridgehead atoms. The lowest BCUT2D eigenvalue weighted by atomic mass is 10.1. The monoisotopic (exact) mass is 437 g/mol. The maximum absolute atomic E-state index is 13.3. The first-order valence-corrected chi connectivity index (χ1v) is 8.92. The van der Waals surface area contributed by atoms with E-state index in [0.717, 1.165) is 4.68 Å². The van der Waals surface area contributed by atoms with E-state index < -0.39 is 29.4 Å². The fraction of sp³-hybridized carbons (Fsp3) is 0.158. The number of amides is 2. The molecule has 30 heavy (non-hydrogen) atoms. The molecule has 0 fully saturated rings. The van der Waals surface area contributed by atoms with Crippen LogP contribution in [0.1, 0.15) is 32.1 Å². The molecule has 0 unspecified atom stereocenters. The maximum Gasteiger partial charge on any atom is 0.435 e. The van der Waals surface area contributed by atoms with E-state index in [-0.39, 0.29) is 22.1 Å². The van der Waals surface area contributed by atoms with Crippen LogP contribution >= 0.6 is 11.6 Å². The number of halogens is 4. The summed E-state index contributed by atoms with van der Waals surface area (Å²) in [5, 5.41) is 8.43. The number of hydrogen-bond acceptors (Lipinski definition) is 4. The highest BCUT2D eigenvalue weighted by atomic mass is 35.5. The Balaban J connectivity index is 2.11. The van der Waals surface area contributed by atoms with Gasteiger partial charge in [0.1, 0.15) is 5.69 Å². The molecular formula is C19H15ClF3N5O2. The topological polar surface area (TPSA) is 88.9 Å². The first kappa shape index (κ1) is 21.3. The van der Waals surface area contributed by atoms with Crippen LogP contribution in [0.4, 0.5) is 18.9 Å². The second kappa shape index (κ2) is 8.15. The fourth-order valence-electron chi connectivity index (χ4n) is 2.71. The summed E-state index contributed by atoms with van der Waals surface area (Å²) in [5.41, 5.74) is -0.874. The van der Waals surface area contributed by atoms with Crippen molar-refractivity contribution >= 4 is 29.1 Å². The summed E-state index contributed by atoms with van der Waals surface area (Å²) < 4.78 is 40.5. The van der Waals surface area contributed by atoms with Crippen LogP contribution in [0.2, 0.25) is 5.02 Å². The van der Waals surface area contributed by atoms with Crippen molar-refractivity contribution in [1.82, 2.24) is 20.1 Å². The third-order valence-electron chi connectivity index (χ3n) is 4.16. The third-order valence-corrected chi connectivity index (χ3v) is 4.45. The quantitative estimate of drug-likeness (QED) is 0.648. The molecular weight excluding hydrogens is 423 g/mol. The highest BCUT2D eigenvalue weighted by molar-refractivity contribution is 6.32. The number of hydrogen-bond donors (Lipinski definition) is 2. The van der Waals surface area contributed by atoms with Gasteiger partial charge in [-0.25, -0.2) is 9.67 Å². The van der Waals surface area contributed by atoms with E-state index >= 15 is 0 Å². The van der Waals surface area contributed by atoms with Crippen molar-refractivity contribution in [2.75, 3.05) is 12.4 Å². The molecule has 11 heteroatoms. The normalized spacial score (nSPS) is 11.3. The van der Waals surface area contributed by atoms with Crippen LogP contribution < -0.4 is 10.6 Å². The van der Waals surface area contributed by atoms with Gasteiger partial charge in [0.15, 0.2) is 11.5 Å². The number of anilines is 1. The number of aryl methyl sites for hydroxylation is 1. The summed E-state index contributed by atoms with van der Waals surface area (Å²) in [5.74, 6) is -1.53. The largest absolute Gasteiger partial charge is 0.435 e. The van der Waals surface area contributed by atoms with Crippen molar-refractivity contribution in [2.24, 2.45) is 0 Å². The van der Waals surface area contributed by atoms with E-state index in [2.05, 4.69) is 20.7 Å². The number of nitrogens with one attached hydrogen (secondary N) is 2. The zero-order valence-electron chi connectivity index (χ0n) is 15.7. The molecule has 2 N–H and O–H groups in total. The average Bonchev–Trinajstić information content (AvgIpc) is 3.15. The number of para-hydroxylation sites is 1. The molecule has 0 aliphatic rings. The highest BCUT2D eigenvalue weighted by Gasteiger charge is 2.36. The van der Waals surface area contributed by atoms with Crippen LogP contribution in [0.5, 0.6) is 0 Å². The number of carbonyl (C=O) groups excluding carboxylic acids is 2. The van der Waals surface area contributed by atoms with Crippen LogP contribution in [0, 0.1) is 6.92 Å². The van der Waals surface area contributed by atoms with Crippen molar-refractivity contribution in [1.29, 1.82) is 0 Å². The standard InChI is InChI=1S/C19H15ClF3N5O2/c1-10-5-3-6-11(17(29)24-2)15(10)26-18(30)13-9-14(19(21,22)23)27-28(13)16-12(20)7-4-8-25-16/h3-9H,1-2H3,(H,24,29)(H,26,30). The Morgan fingerprint density at radius 3 is 2.50 bits per heavy atom. The first-order valence-electron chi connectivity index (χ1n) is 8.54. The Morgan fingerprint density at radius 1 is 1.13 bits per heavy atom. The molecule has 7 nitrogen and oxygen atoms in total. The molecule has 0 saturated heterocycles. The summed E-state index contributed by atoms with van der Waals surface area (Å²) in [7, 11) is 1.42. The molecule has 0 aliphatic heterocycles. The van der Waals surface area contributed by atoms with Gasteiger partial charge < -0.3 is 10.6 Å². The molecule has 2 aromatic heterocycles. The molecule has 0 saturated carbocycles. The van der Waals surface area contributed by atoms with Gasteiger partial charge in [-0.1, -0.05) is 23.7 Å². The SMILES string of the molecule is CNC(=O)c1cccc(C)c1NC(=O)c1cc(C(F)(F)F)nn1-c1ncccc1Cl. The summed E-state index contributed by atoms with van der Waals surface area (Å²) in [6.45, 7) is 1.65. The lowest BCUT2D eigenvalue weighted by molar-refractivity contribution is -0.141. The van der Waals surface area contributed by atoms with Crippen molar-refractivity contribution in [3.05, 3.63) is 70.1 Å². The van der Waals surface area contributed by atoms with Crippen LogP contribution in [0.25, 0.3) is 5.82 Å². The van der Waals surface area contributed by atoms with Gasteiger partial charge in [0, 0.05) is 19.3 Å². The number of nitrogens with zero attached hydrogens (tertiary/aromatic N) is 3. The van der Waals surface area contributed by atoms with E-state index in [9.17, 15) is 22.8 Å². The minimum atomic E-state index is -4.79. The van der Waals surface area contributed by atoms with Gasteiger partial charge in [-0.2, -0.15) is 18.3 Å². The Hall–Kier alpha value is -3.40. The second-order valence-corrected chi connectivity index (χ2v) is 6.57. The van der Waals surface area contributed by atoms with Gasteiger partial charge in [0.2, 0.25) is 0 Å². The van der Waals surface area contributed by atoms with Crippen molar-refractivity contribution in [3.8, 4) is 5.82 Å². The van der Waals surface area contributed by atoms with E-state index in [1.807, 2.05) is 0 Å². The molecule has 156 valence electrons. The van der Waals surface area contributed by atoms with Crippen LogP contribution in [-0.2, 0) is 6.18 Å². The van der Waals surface area contributed by atoms with Crippen molar-refractivity contribution in [2.45, 2.75) is 13.1 Å². The third kappa shape index (κ3) is 4.13. The molecule has 0 spiro atoms. The zero-order valence-corrected chi connectivity index (χ0v) is 16.5. The summed E-state index contributed by atoms with van der Waals surface area (Å²) in [4.78, 5) is 29.0. The molecule has 0 atom stereocenters. The predicted molar refractivity (Wildman–Crippen MR) is 104 cm³/mol. The van der Waals surface area contributed by atoms with Gasteiger partial charge in [-0.15, -0.1) is 0 Å². The smallest absolute Gasteiger partial charge is 0.355 e. The molecule has 1 aromatic carbocycles. The van der Waals surface area contributed by atoms with Crippen LogP contribution in [0.3, 0.4) is 0 Å². The van der Waals surface area contributed by atoms with E-state index in [0.29, 0.717) is 11.6 Å². The minimum Gasteiger partial charge on any atom is -0.355 e. The first-order chi connectivity index (χ1) is 14.1. The number of carbonyl (C=O) groups is 2. The fourth-order valence-corrected chi connectivity index (χ4v) is 2.91. The van der Waals surface area contributed by atoms with Gasteiger partial charge in [0.05, 0.1) is 16.3 Å². The molecule has 2 amide bonds.